The molecule has 8 nitrogen and oxygen atoms in total. The van der Waals surface area contributed by atoms with E-state index in [2.05, 4.69) is 14.7 Å². The van der Waals surface area contributed by atoms with Gasteiger partial charge in [-0.3, -0.25) is 15.9 Å². The van der Waals surface area contributed by atoms with Crippen LogP contribution in [-0.2, 0) is 4.74 Å². The Hall–Kier alpha value is -2.13. The lowest BCUT2D eigenvalue weighted by Crippen LogP contribution is -2.27. The minimum atomic E-state index is -0.921. The summed E-state index contributed by atoms with van der Waals surface area (Å²) in [6.45, 7) is 0. The summed E-state index contributed by atoms with van der Waals surface area (Å²) in [4.78, 5) is 18.2. The van der Waals surface area contributed by atoms with Gasteiger partial charge < -0.3 is 4.74 Å². The molecule has 10 heteroatoms. The number of hydroxylamine groups is 1. The fourth-order valence-corrected chi connectivity index (χ4v) is 1.55. The summed E-state index contributed by atoms with van der Waals surface area (Å²) in [6, 6.07) is 6.26. The third kappa shape index (κ3) is 5.01. The highest BCUT2D eigenvalue weighted by molar-refractivity contribution is 6.32. The second-order valence-electron chi connectivity index (χ2n) is 3.55. The van der Waals surface area contributed by atoms with Crippen LogP contribution in [0.3, 0.4) is 0 Å². The van der Waals surface area contributed by atoms with Crippen molar-refractivity contribution in [2.24, 2.45) is 0 Å². The molecule has 3 N–H and O–H groups in total. The van der Waals surface area contributed by atoms with Gasteiger partial charge >= 0.3 is 6.09 Å². The van der Waals surface area contributed by atoms with Crippen LogP contribution < -0.4 is 10.5 Å². The van der Waals surface area contributed by atoms with Gasteiger partial charge in [0.25, 0.3) is 0 Å². The first-order valence-corrected chi connectivity index (χ1v) is 6.45. The van der Waals surface area contributed by atoms with E-state index < -0.39 is 6.09 Å². The Labute approximate surface area is 135 Å². The van der Waals surface area contributed by atoms with E-state index in [1.807, 2.05) is 5.48 Å². The van der Waals surface area contributed by atoms with Crippen LogP contribution in [-0.4, -0.2) is 33.6 Å². The van der Waals surface area contributed by atoms with Gasteiger partial charge in [0.2, 0.25) is 0 Å². The van der Waals surface area contributed by atoms with E-state index in [4.69, 9.17) is 28.4 Å². The normalized spacial score (nSPS) is 9.32. The van der Waals surface area contributed by atoms with Gasteiger partial charge in [0, 0.05) is 12.4 Å². The van der Waals surface area contributed by atoms with Crippen molar-refractivity contribution in [2.45, 2.75) is 0 Å². The van der Waals surface area contributed by atoms with Crippen molar-refractivity contribution in [2.75, 3.05) is 17.7 Å². The lowest BCUT2D eigenvalue weighted by Gasteiger charge is -2.13. The number of aromatic nitrogens is 2. The summed E-state index contributed by atoms with van der Waals surface area (Å²) in [6.07, 6.45) is 2.06. The zero-order valence-corrected chi connectivity index (χ0v) is 12.8. The number of nitrogens with one attached hydrogen (secondary N) is 1. The Bertz CT molecular complexity index is 630. The number of carbonyl (C=O) groups is 1. The molecule has 0 radical (unpaired) electrons. The first-order valence-electron chi connectivity index (χ1n) is 5.69. The number of pyridine rings is 2. The minimum absolute atomic E-state index is 0.0235. The molecule has 0 bridgehead atoms. The molecule has 2 rings (SSSR count). The van der Waals surface area contributed by atoms with Crippen LogP contribution in [0.25, 0.3) is 0 Å². The number of rotatable bonds is 2. The maximum atomic E-state index is 10.8. The molecule has 1 amide bonds. The average molecular weight is 347 g/mol. The van der Waals surface area contributed by atoms with Crippen LogP contribution in [0.15, 0.2) is 36.7 Å². The van der Waals surface area contributed by atoms with Crippen LogP contribution in [0.4, 0.5) is 16.2 Å². The monoisotopic (exact) mass is 346 g/mol. The van der Waals surface area contributed by atoms with Crippen molar-refractivity contribution in [3.8, 4) is 0 Å². The second-order valence-corrected chi connectivity index (χ2v) is 4.26. The van der Waals surface area contributed by atoms with Crippen molar-refractivity contribution in [1.82, 2.24) is 9.97 Å². The molecule has 22 heavy (non-hydrogen) atoms. The largest absolute Gasteiger partial charge is 0.451 e. The number of anilines is 2. The van der Waals surface area contributed by atoms with Crippen LogP contribution in [0.1, 0.15) is 0 Å². The van der Waals surface area contributed by atoms with Gasteiger partial charge in [0.05, 0.1) is 12.8 Å². The summed E-state index contributed by atoms with van der Waals surface area (Å²) in [5.41, 5.74) is 2.40. The number of hydrogen-bond acceptors (Lipinski definition) is 7. The van der Waals surface area contributed by atoms with Crippen LogP contribution in [0, 0.1) is 0 Å². The molecule has 0 saturated heterocycles. The fourth-order valence-electron chi connectivity index (χ4n) is 1.19. The van der Waals surface area contributed by atoms with Crippen LogP contribution in [0.2, 0.25) is 10.3 Å². The van der Waals surface area contributed by atoms with Crippen LogP contribution >= 0.6 is 23.2 Å². The molecule has 0 fully saturated rings. The Balaban J connectivity index is 0.000000235. The van der Waals surface area contributed by atoms with Gasteiger partial charge in [-0.15, -0.1) is 0 Å². The molecular formula is C12H12Cl2N4O4. The first-order chi connectivity index (χ1) is 10.5. The van der Waals surface area contributed by atoms with Crippen molar-refractivity contribution < 1.29 is 19.9 Å². The smallest absolute Gasteiger partial charge is 0.438 e. The standard InChI is InChI=1S/C7H7ClN2O3.C5H5ClN2O/c1-13-7(11)10(12)5-3-2-4-9-6(5)8;6-5-4(8-9)2-1-3-7-5/h2-4,12H,1H3;1-3,8-9H. The Kier molecular flexibility index (Phi) is 7.33. The molecule has 2 aromatic heterocycles. The number of methoxy groups -OCH3 is 1. The molecule has 0 aliphatic heterocycles. The Morgan fingerprint density at radius 1 is 1.23 bits per heavy atom. The van der Waals surface area contributed by atoms with Crippen LogP contribution in [0.5, 0.6) is 0 Å². The summed E-state index contributed by atoms with van der Waals surface area (Å²) in [5, 5.41) is 18.1. The molecule has 0 aliphatic carbocycles. The third-order valence-electron chi connectivity index (χ3n) is 2.19. The summed E-state index contributed by atoms with van der Waals surface area (Å²) in [5.74, 6) is 0. The fraction of sp³-hybridized carbons (Fsp3) is 0.0833. The molecule has 0 atom stereocenters. The zero-order valence-electron chi connectivity index (χ0n) is 11.3. The molecule has 0 saturated carbocycles. The van der Waals surface area contributed by atoms with E-state index >= 15 is 0 Å². The summed E-state index contributed by atoms with van der Waals surface area (Å²) >= 11 is 11.1. The van der Waals surface area contributed by atoms with E-state index in [1.165, 1.54) is 18.3 Å². The molecule has 2 aromatic rings. The Morgan fingerprint density at radius 3 is 2.27 bits per heavy atom. The van der Waals surface area contributed by atoms with Gasteiger partial charge in [-0.05, 0) is 24.3 Å². The second kappa shape index (κ2) is 9.00. The number of ether oxygens (including phenoxy) is 1. The Morgan fingerprint density at radius 2 is 1.82 bits per heavy atom. The summed E-state index contributed by atoms with van der Waals surface area (Å²) in [7, 11) is 1.15. The van der Waals surface area contributed by atoms with Crippen molar-refractivity contribution >= 4 is 40.7 Å². The molecular weight excluding hydrogens is 335 g/mol. The van der Waals surface area contributed by atoms with Crippen molar-refractivity contribution in [3.63, 3.8) is 0 Å². The lowest BCUT2D eigenvalue weighted by molar-refractivity contribution is 0.141. The van der Waals surface area contributed by atoms with E-state index in [1.54, 1.807) is 18.3 Å². The van der Waals surface area contributed by atoms with Gasteiger partial charge in [0.1, 0.15) is 5.69 Å². The van der Waals surface area contributed by atoms with Gasteiger partial charge in [-0.25, -0.2) is 14.8 Å². The van der Waals surface area contributed by atoms with Crippen molar-refractivity contribution in [1.29, 1.82) is 0 Å². The van der Waals surface area contributed by atoms with Gasteiger partial charge in [-0.1, -0.05) is 23.2 Å². The minimum Gasteiger partial charge on any atom is -0.451 e. The quantitative estimate of drug-likeness (QED) is 0.435. The van der Waals surface area contributed by atoms with Gasteiger partial charge in [0.15, 0.2) is 10.3 Å². The van der Waals surface area contributed by atoms with Crippen molar-refractivity contribution in [3.05, 3.63) is 47.0 Å². The predicted octanol–water partition coefficient (Wildman–Crippen LogP) is 3.23. The molecule has 0 aromatic carbocycles. The molecule has 0 spiro atoms. The SMILES string of the molecule is COC(=O)N(O)c1cccnc1Cl.ONc1cccnc1Cl. The number of halogens is 2. The topological polar surface area (TPSA) is 108 Å². The van der Waals surface area contributed by atoms with Gasteiger partial charge in [-0.2, -0.15) is 5.06 Å². The number of nitrogens with zero attached hydrogens (tertiary/aromatic N) is 3. The average Bonchev–Trinajstić information content (AvgIpc) is 2.55. The number of carbonyl (C=O) groups excluding carboxylic acids is 1. The van der Waals surface area contributed by atoms with E-state index in [0.717, 1.165) is 7.11 Å². The third-order valence-corrected chi connectivity index (χ3v) is 2.79. The predicted molar refractivity (Wildman–Crippen MR) is 80.6 cm³/mol. The van der Waals surface area contributed by atoms with E-state index in [-0.39, 0.29) is 21.1 Å². The van der Waals surface area contributed by atoms with E-state index in [0.29, 0.717) is 5.69 Å². The number of amides is 1. The molecule has 2 heterocycles. The molecule has 0 aliphatic rings. The molecule has 0 unspecified atom stereocenters. The van der Waals surface area contributed by atoms with E-state index in [9.17, 15) is 10.0 Å². The maximum Gasteiger partial charge on any atom is 0.438 e. The lowest BCUT2D eigenvalue weighted by atomic mass is 10.4. The number of hydrogen-bond donors (Lipinski definition) is 3. The summed E-state index contributed by atoms with van der Waals surface area (Å²) < 4.78 is 4.27. The highest BCUT2D eigenvalue weighted by atomic mass is 35.5. The first kappa shape index (κ1) is 17.9. The highest BCUT2D eigenvalue weighted by Gasteiger charge is 2.16. The zero-order chi connectivity index (χ0) is 16.5. The molecule has 118 valence electrons. The highest BCUT2D eigenvalue weighted by Crippen LogP contribution is 2.21. The maximum absolute atomic E-state index is 10.8.